The van der Waals surface area contributed by atoms with Gasteiger partial charge in [-0.15, -0.1) is 0 Å². The number of carbonyl (C=O) groups is 1. The second-order valence-corrected chi connectivity index (χ2v) is 3.65. The molecular weight excluding hydrogens is 217 g/mol. The molecule has 3 nitrogen and oxygen atoms in total. The van der Waals surface area contributed by atoms with Gasteiger partial charge < -0.3 is 10.4 Å². The fraction of sp³-hybridized carbons (Fsp3) is 0.364. The van der Waals surface area contributed by atoms with Gasteiger partial charge >= 0.3 is 5.97 Å². The maximum Gasteiger partial charge on any atom is 0.317 e. The van der Waals surface area contributed by atoms with Crippen LogP contribution in [0.2, 0.25) is 0 Å². The summed E-state index contributed by atoms with van der Waals surface area (Å²) in [5.74, 6) is -0.791. The van der Waals surface area contributed by atoms with E-state index >= 15 is 0 Å². The fourth-order valence-corrected chi connectivity index (χ4v) is 1.93. The molecular formula is C11H13KNO2. The van der Waals surface area contributed by atoms with E-state index in [1.807, 2.05) is 12.1 Å². The summed E-state index contributed by atoms with van der Waals surface area (Å²) in [6.45, 7) is 0.0542. The van der Waals surface area contributed by atoms with E-state index in [-0.39, 0.29) is 57.9 Å². The average molecular weight is 230 g/mol. The number of aliphatic carboxylic acids is 1. The summed E-state index contributed by atoms with van der Waals surface area (Å²) < 4.78 is 0. The average Bonchev–Trinajstić information content (AvgIpc) is 2.57. The van der Waals surface area contributed by atoms with Gasteiger partial charge in [0.25, 0.3) is 0 Å². The smallest absolute Gasteiger partial charge is 0.317 e. The van der Waals surface area contributed by atoms with E-state index < -0.39 is 5.97 Å². The van der Waals surface area contributed by atoms with Gasteiger partial charge in [0.2, 0.25) is 0 Å². The van der Waals surface area contributed by atoms with Crippen molar-refractivity contribution >= 4 is 57.4 Å². The first-order chi connectivity index (χ1) is 6.75. The molecule has 1 aromatic rings. The van der Waals surface area contributed by atoms with Crippen LogP contribution < -0.4 is 5.32 Å². The topological polar surface area (TPSA) is 49.3 Å². The van der Waals surface area contributed by atoms with Crippen LogP contribution in [0.3, 0.4) is 0 Å². The zero-order valence-electron chi connectivity index (χ0n) is 8.86. The summed E-state index contributed by atoms with van der Waals surface area (Å²) in [4.78, 5) is 10.4. The van der Waals surface area contributed by atoms with Crippen molar-refractivity contribution in [2.45, 2.75) is 18.9 Å². The van der Waals surface area contributed by atoms with Crippen LogP contribution in [0.4, 0.5) is 0 Å². The number of fused-ring (bicyclic) bond motifs is 1. The molecule has 1 radical (unpaired) electrons. The van der Waals surface area contributed by atoms with Crippen LogP contribution >= 0.6 is 0 Å². The maximum absolute atomic E-state index is 10.4. The van der Waals surface area contributed by atoms with E-state index in [0.29, 0.717) is 6.04 Å². The summed E-state index contributed by atoms with van der Waals surface area (Å²) in [6, 6.07) is 8.57. The molecule has 2 rings (SSSR count). The molecule has 15 heavy (non-hydrogen) atoms. The van der Waals surface area contributed by atoms with Gasteiger partial charge in [-0.1, -0.05) is 24.3 Å². The molecule has 4 heteroatoms. The predicted molar refractivity (Wildman–Crippen MR) is 59.0 cm³/mol. The van der Waals surface area contributed by atoms with Crippen molar-refractivity contribution in [3.05, 3.63) is 35.4 Å². The number of carboxylic acids is 1. The first-order valence-electron chi connectivity index (χ1n) is 4.77. The van der Waals surface area contributed by atoms with Crippen molar-refractivity contribution in [3.63, 3.8) is 0 Å². The zero-order chi connectivity index (χ0) is 9.97. The number of benzene rings is 1. The molecule has 0 aromatic heterocycles. The van der Waals surface area contributed by atoms with Gasteiger partial charge in [0.1, 0.15) is 0 Å². The zero-order valence-corrected chi connectivity index (χ0v) is 12.0. The van der Waals surface area contributed by atoms with Crippen LogP contribution in [0.15, 0.2) is 24.3 Å². The molecule has 0 bridgehead atoms. The SMILES string of the molecule is O=C(O)CNC1Cc2ccccc2C1.[K]. The van der Waals surface area contributed by atoms with Gasteiger partial charge in [-0.25, -0.2) is 0 Å². The molecule has 1 aromatic carbocycles. The maximum atomic E-state index is 10.4. The third-order valence-electron chi connectivity index (χ3n) is 2.59. The third kappa shape index (κ3) is 3.66. The van der Waals surface area contributed by atoms with Gasteiger partial charge in [-0.2, -0.15) is 0 Å². The monoisotopic (exact) mass is 230 g/mol. The minimum absolute atomic E-state index is 0. The Hall–Kier alpha value is 0.286. The van der Waals surface area contributed by atoms with Gasteiger partial charge in [0.05, 0.1) is 6.54 Å². The molecule has 1 aliphatic carbocycles. The quantitative estimate of drug-likeness (QED) is 0.741. The number of nitrogens with one attached hydrogen (secondary N) is 1. The predicted octanol–water partition coefficient (Wildman–Crippen LogP) is 0.447. The molecule has 0 spiro atoms. The summed E-state index contributed by atoms with van der Waals surface area (Å²) in [5.41, 5.74) is 2.69. The van der Waals surface area contributed by atoms with Crippen LogP contribution in [0.25, 0.3) is 0 Å². The summed E-state index contributed by atoms with van der Waals surface area (Å²) in [6.07, 6.45) is 1.90. The van der Waals surface area contributed by atoms with Crippen LogP contribution in [0, 0.1) is 0 Å². The normalized spacial score (nSPS) is 14.4. The van der Waals surface area contributed by atoms with Gasteiger partial charge in [-0.05, 0) is 24.0 Å². The van der Waals surface area contributed by atoms with Crippen LogP contribution in [0.1, 0.15) is 11.1 Å². The molecule has 0 aliphatic heterocycles. The van der Waals surface area contributed by atoms with Crippen LogP contribution in [-0.4, -0.2) is 75.0 Å². The molecule has 0 amide bonds. The van der Waals surface area contributed by atoms with E-state index in [4.69, 9.17) is 5.11 Å². The number of rotatable bonds is 3. The van der Waals surface area contributed by atoms with Crippen molar-refractivity contribution in [3.8, 4) is 0 Å². The Kier molecular flexibility index (Phi) is 5.45. The fourth-order valence-electron chi connectivity index (χ4n) is 1.93. The third-order valence-corrected chi connectivity index (χ3v) is 2.59. The minimum Gasteiger partial charge on any atom is -0.480 e. The molecule has 0 saturated carbocycles. The molecule has 0 fully saturated rings. The van der Waals surface area contributed by atoms with Crippen LogP contribution in [0.5, 0.6) is 0 Å². The first-order valence-corrected chi connectivity index (χ1v) is 4.77. The number of hydrogen-bond donors (Lipinski definition) is 2. The van der Waals surface area contributed by atoms with E-state index in [0.717, 1.165) is 12.8 Å². The Labute approximate surface area is 132 Å². The van der Waals surface area contributed by atoms with Gasteiger partial charge in [0.15, 0.2) is 0 Å². The second-order valence-electron chi connectivity index (χ2n) is 3.65. The van der Waals surface area contributed by atoms with E-state index in [9.17, 15) is 4.79 Å². The van der Waals surface area contributed by atoms with Gasteiger partial charge in [0, 0.05) is 57.4 Å². The Bertz CT molecular complexity index is 329. The molecule has 1 aliphatic rings. The van der Waals surface area contributed by atoms with E-state index in [1.54, 1.807) is 0 Å². The summed E-state index contributed by atoms with van der Waals surface area (Å²) >= 11 is 0. The van der Waals surface area contributed by atoms with Gasteiger partial charge in [-0.3, -0.25) is 4.79 Å². The van der Waals surface area contributed by atoms with Crippen molar-refractivity contribution in [2.24, 2.45) is 0 Å². The van der Waals surface area contributed by atoms with Crippen molar-refractivity contribution in [2.75, 3.05) is 6.54 Å². The molecule has 75 valence electrons. The first kappa shape index (κ1) is 13.4. The molecule has 2 N–H and O–H groups in total. The number of hydrogen-bond acceptors (Lipinski definition) is 2. The van der Waals surface area contributed by atoms with Crippen molar-refractivity contribution in [1.29, 1.82) is 0 Å². The summed E-state index contributed by atoms with van der Waals surface area (Å²) in [7, 11) is 0. The molecule has 0 unspecified atom stereocenters. The van der Waals surface area contributed by atoms with E-state index in [2.05, 4.69) is 17.4 Å². The molecule has 0 atom stereocenters. The molecule has 0 saturated heterocycles. The Morgan fingerprint density at radius 3 is 2.33 bits per heavy atom. The Balaban J connectivity index is 0.00000112. The van der Waals surface area contributed by atoms with Crippen LogP contribution in [-0.2, 0) is 17.6 Å². The molecule has 0 heterocycles. The number of carboxylic acid groups (broad SMARTS) is 1. The second kappa shape index (κ2) is 6.13. The Morgan fingerprint density at radius 1 is 1.33 bits per heavy atom. The van der Waals surface area contributed by atoms with E-state index in [1.165, 1.54) is 11.1 Å². The van der Waals surface area contributed by atoms with Crippen molar-refractivity contribution < 1.29 is 9.90 Å². The van der Waals surface area contributed by atoms with Crippen molar-refractivity contribution in [1.82, 2.24) is 5.32 Å². The minimum atomic E-state index is -0.791. The summed E-state index contributed by atoms with van der Waals surface area (Å²) in [5, 5.41) is 11.6. The Morgan fingerprint density at radius 2 is 1.87 bits per heavy atom. The standard InChI is InChI=1S/C11H13NO2.K/c13-11(14)7-12-10-5-8-3-1-2-4-9(8)6-10;/h1-4,10,12H,5-7H2,(H,13,14);. The largest absolute Gasteiger partial charge is 0.480 e.